The molecule has 0 amide bonds. The zero-order valence-corrected chi connectivity index (χ0v) is 8.42. The Labute approximate surface area is 75.3 Å². The lowest BCUT2D eigenvalue weighted by atomic mass is 10.2. The predicted octanol–water partition coefficient (Wildman–Crippen LogP) is 0.269. The number of hydrogen-bond donors (Lipinski definition) is 0. The lowest BCUT2D eigenvalue weighted by Crippen LogP contribution is -2.52. The Kier molecular flexibility index (Phi) is 3.98. The average molecular weight is 172 g/mol. The first-order valence-electron chi connectivity index (χ1n) is 4.69. The van der Waals surface area contributed by atoms with E-state index in [9.17, 15) is 0 Å². The second kappa shape index (κ2) is 4.80. The molecule has 12 heavy (non-hydrogen) atoms. The Bertz CT molecular complexity index is 130. The highest BCUT2D eigenvalue weighted by molar-refractivity contribution is 4.78. The van der Waals surface area contributed by atoms with Crippen molar-refractivity contribution in [1.82, 2.24) is 9.80 Å². The first-order chi connectivity index (χ1) is 5.77. The van der Waals surface area contributed by atoms with Crippen molar-refractivity contribution in [3.63, 3.8) is 0 Å². The van der Waals surface area contributed by atoms with E-state index in [1.807, 2.05) is 0 Å². The highest BCUT2D eigenvalue weighted by atomic mass is 16.5. The molecule has 0 aromatic carbocycles. The van der Waals surface area contributed by atoms with Crippen LogP contribution in [0.2, 0.25) is 0 Å². The van der Waals surface area contributed by atoms with Crippen molar-refractivity contribution >= 4 is 0 Å². The van der Waals surface area contributed by atoms with Crippen LogP contribution in [0, 0.1) is 0 Å². The predicted molar refractivity (Wildman–Crippen MR) is 50.4 cm³/mol. The monoisotopic (exact) mass is 172 g/mol. The van der Waals surface area contributed by atoms with Gasteiger partial charge in [0.15, 0.2) is 0 Å². The topological polar surface area (TPSA) is 15.7 Å². The molecule has 0 spiro atoms. The summed E-state index contributed by atoms with van der Waals surface area (Å²) in [5.74, 6) is 0. The van der Waals surface area contributed by atoms with Crippen molar-refractivity contribution in [2.75, 3.05) is 46.9 Å². The van der Waals surface area contributed by atoms with Crippen molar-refractivity contribution in [3.8, 4) is 0 Å². The van der Waals surface area contributed by atoms with Crippen LogP contribution in [0.15, 0.2) is 0 Å². The van der Waals surface area contributed by atoms with Crippen LogP contribution >= 0.6 is 0 Å². The normalized spacial score (nSPS) is 27.8. The fourth-order valence-electron chi connectivity index (χ4n) is 1.67. The van der Waals surface area contributed by atoms with Crippen molar-refractivity contribution < 1.29 is 4.74 Å². The molecule has 0 N–H and O–H groups in total. The third kappa shape index (κ3) is 2.44. The SMILES string of the molecule is CCN1CCN(C)C(COC)C1. The molecule has 0 bridgehead atoms. The molecule has 0 saturated carbocycles. The molecule has 3 heteroatoms. The van der Waals surface area contributed by atoms with Crippen LogP contribution in [0.5, 0.6) is 0 Å². The van der Waals surface area contributed by atoms with E-state index < -0.39 is 0 Å². The minimum absolute atomic E-state index is 0.587. The molecule has 1 fully saturated rings. The maximum absolute atomic E-state index is 5.18. The van der Waals surface area contributed by atoms with Crippen molar-refractivity contribution in [3.05, 3.63) is 0 Å². The molecule has 1 rings (SSSR count). The molecule has 1 atom stereocenters. The fourth-order valence-corrected chi connectivity index (χ4v) is 1.67. The lowest BCUT2D eigenvalue weighted by Gasteiger charge is -2.38. The van der Waals surface area contributed by atoms with Gasteiger partial charge in [-0.15, -0.1) is 0 Å². The molecule has 1 saturated heterocycles. The number of piperazine rings is 1. The van der Waals surface area contributed by atoms with Crippen LogP contribution in [0.4, 0.5) is 0 Å². The smallest absolute Gasteiger partial charge is 0.0630 e. The summed E-state index contributed by atoms with van der Waals surface area (Å²) in [6.45, 7) is 7.76. The largest absolute Gasteiger partial charge is 0.383 e. The molecule has 1 aliphatic rings. The Hall–Kier alpha value is -0.120. The summed E-state index contributed by atoms with van der Waals surface area (Å²) in [4.78, 5) is 4.86. The molecular weight excluding hydrogens is 152 g/mol. The Morgan fingerprint density at radius 1 is 1.42 bits per heavy atom. The summed E-state index contributed by atoms with van der Waals surface area (Å²) < 4.78 is 5.18. The van der Waals surface area contributed by atoms with Gasteiger partial charge >= 0.3 is 0 Å². The summed E-state index contributed by atoms with van der Waals surface area (Å²) in [5.41, 5.74) is 0. The van der Waals surface area contributed by atoms with Crippen LogP contribution in [-0.4, -0.2) is 62.8 Å². The number of methoxy groups -OCH3 is 1. The van der Waals surface area contributed by atoms with Crippen LogP contribution in [0.25, 0.3) is 0 Å². The maximum Gasteiger partial charge on any atom is 0.0630 e. The fraction of sp³-hybridized carbons (Fsp3) is 1.00. The minimum atomic E-state index is 0.587. The lowest BCUT2D eigenvalue weighted by molar-refractivity contribution is 0.0426. The second-order valence-electron chi connectivity index (χ2n) is 3.48. The number of ether oxygens (including phenoxy) is 1. The van der Waals surface area contributed by atoms with Gasteiger partial charge in [-0.25, -0.2) is 0 Å². The van der Waals surface area contributed by atoms with E-state index in [2.05, 4.69) is 23.8 Å². The van der Waals surface area contributed by atoms with E-state index in [1.54, 1.807) is 7.11 Å². The Morgan fingerprint density at radius 3 is 2.75 bits per heavy atom. The van der Waals surface area contributed by atoms with Gasteiger partial charge in [0.05, 0.1) is 6.61 Å². The van der Waals surface area contributed by atoms with Crippen LogP contribution in [0.3, 0.4) is 0 Å². The second-order valence-corrected chi connectivity index (χ2v) is 3.48. The molecule has 0 aromatic rings. The molecule has 3 nitrogen and oxygen atoms in total. The summed E-state index contributed by atoms with van der Waals surface area (Å²) >= 11 is 0. The van der Waals surface area contributed by atoms with E-state index in [4.69, 9.17) is 4.74 Å². The molecule has 1 heterocycles. The van der Waals surface area contributed by atoms with Crippen molar-refractivity contribution in [1.29, 1.82) is 0 Å². The van der Waals surface area contributed by atoms with E-state index in [1.165, 1.54) is 13.1 Å². The summed E-state index contributed by atoms with van der Waals surface area (Å²) in [6, 6.07) is 0.587. The van der Waals surface area contributed by atoms with Gasteiger partial charge in [0.25, 0.3) is 0 Å². The molecular formula is C9H20N2O. The van der Waals surface area contributed by atoms with Crippen LogP contribution < -0.4 is 0 Å². The molecule has 1 aliphatic heterocycles. The van der Waals surface area contributed by atoms with E-state index in [-0.39, 0.29) is 0 Å². The van der Waals surface area contributed by atoms with Crippen LogP contribution in [-0.2, 0) is 4.74 Å². The number of likely N-dealkylation sites (N-methyl/N-ethyl adjacent to an activating group) is 2. The number of hydrogen-bond acceptors (Lipinski definition) is 3. The van der Waals surface area contributed by atoms with Gasteiger partial charge < -0.3 is 9.64 Å². The first-order valence-corrected chi connectivity index (χ1v) is 4.69. The van der Waals surface area contributed by atoms with Crippen molar-refractivity contribution in [2.45, 2.75) is 13.0 Å². The number of rotatable bonds is 3. The van der Waals surface area contributed by atoms with E-state index >= 15 is 0 Å². The third-order valence-electron chi connectivity index (χ3n) is 2.67. The Balaban J connectivity index is 2.36. The summed E-state index contributed by atoms with van der Waals surface area (Å²) in [7, 11) is 3.95. The van der Waals surface area contributed by atoms with Gasteiger partial charge in [-0.3, -0.25) is 4.90 Å². The highest BCUT2D eigenvalue weighted by Crippen LogP contribution is 2.06. The van der Waals surface area contributed by atoms with Gasteiger partial charge in [0.2, 0.25) is 0 Å². The zero-order valence-electron chi connectivity index (χ0n) is 8.42. The highest BCUT2D eigenvalue weighted by Gasteiger charge is 2.22. The summed E-state index contributed by atoms with van der Waals surface area (Å²) in [5, 5.41) is 0. The van der Waals surface area contributed by atoms with Crippen molar-refractivity contribution in [2.24, 2.45) is 0 Å². The Morgan fingerprint density at radius 2 is 2.17 bits per heavy atom. The van der Waals surface area contributed by atoms with Gasteiger partial charge in [0, 0.05) is 32.8 Å². The zero-order chi connectivity index (χ0) is 8.97. The molecule has 72 valence electrons. The molecule has 1 unspecified atom stereocenters. The third-order valence-corrected chi connectivity index (χ3v) is 2.67. The molecule has 0 radical (unpaired) electrons. The van der Waals surface area contributed by atoms with Gasteiger partial charge in [-0.2, -0.15) is 0 Å². The van der Waals surface area contributed by atoms with Gasteiger partial charge in [-0.05, 0) is 13.6 Å². The standard InChI is InChI=1S/C9H20N2O/c1-4-11-6-5-10(2)9(7-11)8-12-3/h9H,4-8H2,1-3H3. The maximum atomic E-state index is 5.18. The van der Waals surface area contributed by atoms with Gasteiger partial charge in [-0.1, -0.05) is 6.92 Å². The van der Waals surface area contributed by atoms with E-state index in [0.717, 1.165) is 19.7 Å². The van der Waals surface area contributed by atoms with Gasteiger partial charge in [0.1, 0.15) is 0 Å². The first kappa shape index (κ1) is 9.96. The summed E-state index contributed by atoms with van der Waals surface area (Å²) in [6.07, 6.45) is 0. The minimum Gasteiger partial charge on any atom is -0.383 e. The molecule has 0 aliphatic carbocycles. The van der Waals surface area contributed by atoms with E-state index in [0.29, 0.717) is 6.04 Å². The number of nitrogens with zero attached hydrogens (tertiary/aromatic N) is 2. The average Bonchev–Trinajstić information content (AvgIpc) is 2.09. The quantitative estimate of drug-likeness (QED) is 0.607. The molecule has 0 aromatic heterocycles. The van der Waals surface area contributed by atoms with Crippen LogP contribution in [0.1, 0.15) is 6.92 Å².